The molecule has 33 heavy (non-hydrogen) atoms. The number of hydrogen-bond acceptors (Lipinski definition) is 6. The van der Waals surface area contributed by atoms with E-state index in [1.54, 1.807) is 0 Å². The maximum absolute atomic E-state index is 12.6. The van der Waals surface area contributed by atoms with Gasteiger partial charge in [-0.1, -0.05) is 26.2 Å². The maximum Gasteiger partial charge on any atom is 0.328 e. The molecule has 0 fully saturated rings. The van der Waals surface area contributed by atoms with E-state index in [9.17, 15) is 4.79 Å². The van der Waals surface area contributed by atoms with E-state index >= 15 is 0 Å². The molecule has 4 N–H and O–H groups in total. The summed E-state index contributed by atoms with van der Waals surface area (Å²) >= 11 is 0. The molecular weight excluding hydrogens is 463 g/mol. The number of nitrogens with two attached hydrogens (primary N) is 2. The molecule has 1 aliphatic rings. The van der Waals surface area contributed by atoms with Crippen LogP contribution in [-0.2, 0) is 16.0 Å². The molecule has 0 radical (unpaired) electrons. The number of benzene rings is 1. The molecule has 8 heteroatoms. The molecule has 192 valence electrons. The Kier molecular flexibility index (Phi) is 14.6. The van der Waals surface area contributed by atoms with Crippen molar-refractivity contribution in [3.05, 3.63) is 22.3 Å². The van der Waals surface area contributed by atoms with Crippen LogP contribution in [0.25, 0.3) is 0 Å². The predicted molar refractivity (Wildman–Crippen MR) is 139 cm³/mol. The zero-order chi connectivity index (χ0) is 23.0. The van der Waals surface area contributed by atoms with Crippen molar-refractivity contribution in [2.45, 2.75) is 97.6 Å². The quantitative estimate of drug-likeness (QED) is 0.232. The second kappa shape index (κ2) is 15.0. The van der Waals surface area contributed by atoms with Crippen LogP contribution in [0, 0.1) is 20.8 Å². The van der Waals surface area contributed by atoms with Crippen molar-refractivity contribution < 1.29 is 19.0 Å². The molecule has 6 nitrogen and oxygen atoms in total. The van der Waals surface area contributed by atoms with Gasteiger partial charge in [0.25, 0.3) is 0 Å². The van der Waals surface area contributed by atoms with Crippen LogP contribution in [0.5, 0.6) is 11.5 Å². The molecule has 0 aromatic heterocycles. The van der Waals surface area contributed by atoms with Crippen LogP contribution < -0.4 is 20.9 Å². The average molecular weight is 508 g/mol. The summed E-state index contributed by atoms with van der Waals surface area (Å²) < 4.78 is 18.2. The van der Waals surface area contributed by atoms with Gasteiger partial charge in [-0.2, -0.15) is 0 Å². The van der Waals surface area contributed by atoms with Gasteiger partial charge in [0.15, 0.2) is 0 Å². The fraction of sp³-hybridized carbons (Fsp3) is 0.720. The van der Waals surface area contributed by atoms with Gasteiger partial charge in [-0.25, -0.2) is 4.79 Å². The molecule has 1 aliphatic heterocycles. The van der Waals surface area contributed by atoms with Crippen molar-refractivity contribution in [3.63, 3.8) is 0 Å². The molecule has 0 saturated heterocycles. The highest BCUT2D eigenvalue weighted by atomic mass is 35.5. The predicted octanol–water partition coefficient (Wildman–Crippen LogP) is 5.11. The number of carbonyl (C=O) groups excluding carboxylic acids is 1. The van der Waals surface area contributed by atoms with Gasteiger partial charge in [-0.3, -0.25) is 0 Å². The number of unbranched alkanes of at least 4 members (excludes halogenated alkanes) is 3. The van der Waals surface area contributed by atoms with Crippen molar-refractivity contribution in [3.8, 4) is 11.5 Å². The Hall–Kier alpha value is -1.05. The Morgan fingerprint density at radius 1 is 1.09 bits per heavy atom. The molecule has 1 unspecified atom stereocenters. The van der Waals surface area contributed by atoms with E-state index < -0.39 is 6.04 Å². The Bertz CT molecular complexity index is 761. The van der Waals surface area contributed by atoms with Crippen LogP contribution in [0.3, 0.4) is 0 Å². The minimum atomic E-state index is -0.633. The topological polar surface area (TPSA) is 96.8 Å². The van der Waals surface area contributed by atoms with E-state index in [4.69, 9.17) is 25.7 Å². The van der Waals surface area contributed by atoms with E-state index in [1.807, 2.05) is 20.8 Å². The summed E-state index contributed by atoms with van der Waals surface area (Å²) in [6.45, 7) is 12.3. The van der Waals surface area contributed by atoms with Crippen LogP contribution in [0.1, 0.15) is 81.0 Å². The molecule has 1 aromatic rings. The monoisotopic (exact) mass is 506 g/mol. The standard InChI is InChI=1S/C25H42N2O4.2ClH/c1-6-7-10-15-29-16-25(5)13-12-20-19(4)22(17(2)18(3)23(20)31-25)30-24(28)21(27)11-8-9-14-26;;/h21H,6-16,26-27H2,1-5H3;2*1H/t21-,25?;;/m0../s1. The van der Waals surface area contributed by atoms with E-state index in [1.165, 1.54) is 12.8 Å². The molecule has 2 rings (SSSR count). The first-order valence-electron chi connectivity index (χ1n) is 11.8. The fourth-order valence-electron chi connectivity index (χ4n) is 4.08. The molecule has 0 aliphatic carbocycles. The number of ether oxygens (including phenoxy) is 3. The third-order valence-corrected chi connectivity index (χ3v) is 6.34. The number of rotatable bonds is 12. The van der Waals surface area contributed by atoms with Gasteiger partial charge in [0.1, 0.15) is 23.1 Å². The van der Waals surface area contributed by atoms with Crippen molar-refractivity contribution in [2.24, 2.45) is 11.5 Å². The Morgan fingerprint density at radius 3 is 2.42 bits per heavy atom. The minimum Gasteiger partial charge on any atom is -0.485 e. The van der Waals surface area contributed by atoms with Crippen molar-refractivity contribution in [2.75, 3.05) is 19.8 Å². The van der Waals surface area contributed by atoms with Gasteiger partial charge in [-0.05, 0) is 83.0 Å². The van der Waals surface area contributed by atoms with Crippen LogP contribution >= 0.6 is 24.8 Å². The number of halogens is 2. The van der Waals surface area contributed by atoms with Crippen molar-refractivity contribution in [1.82, 2.24) is 0 Å². The Balaban J connectivity index is 0.00000512. The number of hydrogen-bond donors (Lipinski definition) is 2. The second-order valence-electron chi connectivity index (χ2n) is 9.14. The molecular formula is C25H44Cl2N2O4. The van der Waals surface area contributed by atoms with Crippen LogP contribution in [0.4, 0.5) is 0 Å². The van der Waals surface area contributed by atoms with E-state index in [2.05, 4.69) is 13.8 Å². The lowest BCUT2D eigenvalue weighted by Gasteiger charge is -2.38. The number of carbonyl (C=O) groups is 1. The maximum atomic E-state index is 12.6. The summed E-state index contributed by atoms with van der Waals surface area (Å²) in [4.78, 5) is 12.6. The third kappa shape index (κ3) is 8.59. The highest BCUT2D eigenvalue weighted by molar-refractivity contribution is 5.85. The van der Waals surface area contributed by atoms with E-state index in [-0.39, 0.29) is 36.4 Å². The summed E-state index contributed by atoms with van der Waals surface area (Å²) in [5.74, 6) is 1.15. The molecule has 1 heterocycles. The number of fused-ring (bicyclic) bond motifs is 1. The second-order valence-corrected chi connectivity index (χ2v) is 9.14. The summed E-state index contributed by atoms with van der Waals surface area (Å²) in [6.07, 6.45) is 7.45. The largest absolute Gasteiger partial charge is 0.485 e. The van der Waals surface area contributed by atoms with Crippen LogP contribution in [0.15, 0.2) is 0 Å². The third-order valence-electron chi connectivity index (χ3n) is 6.34. The summed E-state index contributed by atoms with van der Waals surface area (Å²) in [6, 6.07) is -0.633. The first-order valence-corrected chi connectivity index (χ1v) is 11.8. The zero-order valence-corrected chi connectivity index (χ0v) is 22.6. The molecule has 0 amide bonds. The lowest BCUT2D eigenvalue weighted by atomic mass is 9.87. The lowest BCUT2D eigenvalue weighted by Crippen LogP contribution is -2.41. The molecule has 0 saturated carbocycles. The summed E-state index contributed by atoms with van der Waals surface area (Å²) in [7, 11) is 0. The SMILES string of the molecule is CCCCCOCC1(C)CCc2c(C)c(OC(=O)[C@@H](N)CCCCN)c(C)c(C)c2O1.Cl.Cl. The highest BCUT2D eigenvalue weighted by Crippen LogP contribution is 2.44. The molecule has 0 spiro atoms. The average Bonchev–Trinajstić information content (AvgIpc) is 2.75. The minimum absolute atomic E-state index is 0. The van der Waals surface area contributed by atoms with Gasteiger partial charge in [0.05, 0.1) is 6.61 Å². The zero-order valence-electron chi connectivity index (χ0n) is 21.0. The molecule has 1 aromatic carbocycles. The van der Waals surface area contributed by atoms with Crippen molar-refractivity contribution in [1.29, 1.82) is 0 Å². The van der Waals surface area contributed by atoms with Gasteiger partial charge in [-0.15, -0.1) is 24.8 Å². The van der Waals surface area contributed by atoms with Crippen molar-refractivity contribution >= 4 is 30.8 Å². The Labute approximate surface area is 212 Å². The van der Waals surface area contributed by atoms with Gasteiger partial charge in [0.2, 0.25) is 0 Å². The summed E-state index contributed by atoms with van der Waals surface area (Å²) in [5.41, 5.74) is 15.2. The first kappa shape index (κ1) is 31.9. The highest BCUT2D eigenvalue weighted by Gasteiger charge is 2.35. The Morgan fingerprint density at radius 2 is 1.79 bits per heavy atom. The van der Waals surface area contributed by atoms with Gasteiger partial charge >= 0.3 is 5.97 Å². The fourth-order valence-corrected chi connectivity index (χ4v) is 4.08. The van der Waals surface area contributed by atoms with E-state index in [0.29, 0.717) is 25.3 Å². The lowest BCUT2D eigenvalue weighted by molar-refractivity contribution is -0.136. The smallest absolute Gasteiger partial charge is 0.328 e. The van der Waals surface area contributed by atoms with Gasteiger partial charge < -0.3 is 25.7 Å². The molecule has 0 bridgehead atoms. The first-order chi connectivity index (χ1) is 14.7. The molecule has 2 atom stereocenters. The van der Waals surface area contributed by atoms with Crippen LogP contribution in [-0.4, -0.2) is 37.4 Å². The van der Waals surface area contributed by atoms with Crippen LogP contribution in [0.2, 0.25) is 0 Å². The summed E-state index contributed by atoms with van der Waals surface area (Å²) in [5, 5.41) is 0. The number of esters is 1. The normalized spacial score (nSPS) is 17.8. The van der Waals surface area contributed by atoms with Gasteiger partial charge in [0, 0.05) is 12.2 Å². The van der Waals surface area contributed by atoms with E-state index in [0.717, 1.165) is 66.7 Å².